The maximum absolute atomic E-state index is 3.62. The topological polar surface area (TPSA) is 15.3 Å². The predicted molar refractivity (Wildman–Crippen MR) is 80.0 cm³/mol. The average Bonchev–Trinajstić information content (AvgIpc) is 2.35. The van der Waals surface area contributed by atoms with E-state index in [1.54, 1.807) is 0 Å². The highest BCUT2D eigenvalue weighted by atomic mass is 32.2. The fourth-order valence-electron chi connectivity index (χ4n) is 2.57. The van der Waals surface area contributed by atoms with Crippen LogP contribution in [0.4, 0.5) is 0 Å². The Balaban J connectivity index is 1.98. The number of hydrogen-bond acceptors (Lipinski definition) is 3. The van der Waals surface area contributed by atoms with Crippen molar-refractivity contribution in [1.29, 1.82) is 0 Å². The predicted octanol–water partition coefficient (Wildman–Crippen LogP) is 2.98. The summed E-state index contributed by atoms with van der Waals surface area (Å²) in [6.07, 6.45) is 10.5. The molecule has 1 unspecified atom stereocenters. The Morgan fingerprint density at radius 3 is 2.82 bits per heavy atom. The number of unbranched alkanes of at least 4 members (excludes halogenated alkanes) is 3. The molecule has 1 atom stereocenters. The molecule has 1 rings (SSSR count). The summed E-state index contributed by atoms with van der Waals surface area (Å²) in [4.78, 5) is 2.66. The van der Waals surface area contributed by atoms with Gasteiger partial charge in [0.15, 0.2) is 0 Å². The lowest BCUT2D eigenvalue weighted by molar-refractivity contribution is 0.190. The summed E-state index contributed by atoms with van der Waals surface area (Å²) in [5.41, 5.74) is 0. The molecular formula is C14H30N2S. The lowest BCUT2D eigenvalue weighted by atomic mass is 10.1. The molecule has 1 saturated heterocycles. The molecule has 0 aromatic rings. The zero-order chi connectivity index (χ0) is 12.3. The van der Waals surface area contributed by atoms with Gasteiger partial charge in [-0.05, 0) is 37.8 Å². The van der Waals surface area contributed by atoms with Crippen LogP contribution in [-0.4, -0.2) is 49.1 Å². The van der Waals surface area contributed by atoms with Gasteiger partial charge in [0.1, 0.15) is 0 Å². The summed E-state index contributed by atoms with van der Waals surface area (Å²) in [6.45, 7) is 7.33. The maximum atomic E-state index is 3.62. The van der Waals surface area contributed by atoms with Gasteiger partial charge in [0, 0.05) is 25.7 Å². The standard InChI is InChI=1S/C14H30N2S/c1-3-8-14-13-16(11-9-15-14)10-6-4-5-7-12-17-2/h14-15H,3-13H2,1-2H3. The Morgan fingerprint density at radius 2 is 2.06 bits per heavy atom. The van der Waals surface area contributed by atoms with Gasteiger partial charge in [0.25, 0.3) is 0 Å². The van der Waals surface area contributed by atoms with Crippen molar-refractivity contribution in [3.05, 3.63) is 0 Å². The van der Waals surface area contributed by atoms with Crippen molar-refractivity contribution < 1.29 is 0 Å². The quantitative estimate of drug-likeness (QED) is 0.640. The second-order valence-corrected chi connectivity index (χ2v) is 6.13. The van der Waals surface area contributed by atoms with E-state index < -0.39 is 0 Å². The van der Waals surface area contributed by atoms with Gasteiger partial charge in [-0.2, -0.15) is 11.8 Å². The van der Waals surface area contributed by atoms with E-state index in [9.17, 15) is 0 Å². The van der Waals surface area contributed by atoms with Gasteiger partial charge in [-0.1, -0.05) is 26.2 Å². The van der Waals surface area contributed by atoms with Crippen LogP contribution < -0.4 is 5.32 Å². The van der Waals surface area contributed by atoms with Crippen molar-refractivity contribution in [3.63, 3.8) is 0 Å². The zero-order valence-electron chi connectivity index (χ0n) is 11.7. The van der Waals surface area contributed by atoms with Gasteiger partial charge in [0.2, 0.25) is 0 Å². The molecule has 1 aliphatic heterocycles. The third kappa shape index (κ3) is 7.32. The summed E-state index contributed by atoms with van der Waals surface area (Å²) < 4.78 is 0. The fourth-order valence-corrected chi connectivity index (χ4v) is 3.07. The first kappa shape index (κ1) is 15.3. The molecule has 0 aromatic carbocycles. The van der Waals surface area contributed by atoms with Gasteiger partial charge in [-0.25, -0.2) is 0 Å². The highest BCUT2D eigenvalue weighted by Gasteiger charge is 2.17. The van der Waals surface area contributed by atoms with Crippen LogP contribution in [0.2, 0.25) is 0 Å². The SMILES string of the molecule is CCCC1CN(CCCCCCSC)CCN1. The number of rotatable bonds is 9. The fraction of sp³-hybridized carbons (Fsp3) is 1.00. The van der Waals surface area contributed by atoms with Crippen LogP contribution in [0.3, 0.4) is 0 Å². The van der Waals surface area contributed by atoms with Crippen LogP contribution in [0.15, 0.2) is 0 Å². The van der Waals surface area contributed by atoms with Crippen LogP contribution in [0.25, 0.3) is 0 Å². The lowest BCUT2D eigenvalue weighted by Gasteiger charge is -2.33. The molecule has 1 heterocycles. The minimum Gasteiger partial charge on any atom is -0.311 e. The Morgan fingerprint density at radius 1 is 1.24 bits per heavy atom. The van der Waals surface area contributed by atoms with Crippen LogP contribution in [-0.2, 0) is 0 Å². The molecule has 1 fully saturated rings. The highest BCUT2D eigenvalue weighted by molar-refractivity contribution is 7.98. The highest BCUT2D eigenvalue weighted by Crippen LogP contribution is 2.08. The summed E-state index contributed by atoms with van der Waals surface area (Å²) in [7, 11) is 0. The number of hydrogen-bond donors (Lipinski definition) is 1. The number of nitrogens with one attached hydrogen (secondary N) is 1. The Kier molecular flexibility index (Phi) is 9.21. The molecule has 1 N–H and O–H groups in total. The summed E-state index contributed by atoms with van der Waals surface area (Å²) >= 11 is 1.97. The van der Waals surface area contributed by atoms with E-state index in [4.69, 9.17) is 0 Å². The van der Waals surface area contributed by atoms with Crippen molar-refractivity contribution in [3.8, 4) is 0 Å². The van der Waals surface area contributed by atoms with Crippen molar-refractivity contribution in [1.82, 2.24) is 10.2 Å². The Hall–Kier alpha value is 0.270. The molecule has 0 saturated carbocycles. The van der Waals surface area contributed by atoms with E-state index in [2.05, 4.69) is 23.4 Å². The van der Waals surface area contributed by atoms with E-state index >= 15 is 0 Å². The van der Waals surface area contributed by atoms with Crippen molar-refractivity contribution in [2.45, 2.75) is 51.5 Å². The minimum absolute atomic E-state index is 0.755. The Labute approximate surface area is 112 Å². The van der Waals surface area contributed by atoms with Crippen LogP contribution in [0.5, 0.6) is 0 Å². The molecule has 0 aromatic heterocycles. The first-order valence-electron chi connectivity index (χ1n) is 7.31. The average molecular weight is 258 g/mol. The molecule has 0 bridgehead atoms. The molecule has 17 heavy (non-hydrogen) atoms. The van der Waals surface area contributed by atoms with Gasteiger partial charge >= 0.3 is 0 Å². The van der Waals surface area contributed by atoms with E-state index in [1.165, 1.54) is 70.5 Å². The van der Waals surface area contributed by atoms with Gasteiger partial charge < -0.3 is 10.2 Å². The number of nitrogens with zero attached hydrogens (tertiary/aromatic N) is 1. The maximum Gasteiger partial charge on any atom is 0.0195 e. The van der Waals surface area contributed by atoms with Crippen LogP contribution in [0.1, 0.15) is 45.4 Å². The van der Waals surface area contributed by atoms with E-state index in [0.29, 0.717) is 0 Å². The monoisotopic (exact) mass is 258 g/mol. The third-order valence-electron chi connectivity index (χ3n) is 3.55. The second kappa shape index (κ2) is 10.2. The summed E-state index contributed by atoms with van der Waals surface area (Å²) in [5, 5.41) is 3.62. The van der Waals surface area contributed by atoms with Gasteiger partial charge in [0.05, 0.1) is 0 Å². The first-order valence-corrected chi connectivity index (χ1v) is 8.71. The van der Waals surface area contributed by atoms with Crippen molar-refractivity contribution in [2.75, 3.05) is 38.2 Å². The van der Waals surface area contributed by atoms with E-state index in [-0.39, 0.29) is 0 Å². The molecule has 1 aliphatic rings. The molecule has 102 valence electrons. The largest absolute Gasteiger partial charge is 0.311 e. The van der Waals surface area contributed by atoms with Gasteiger partial charge in [-0.3, -0.25) is 0 Å². The number of thioether (sulfide) groups is 1. The van der Waals surface area contributed by atoms with Gasteiger partial charge in [-0.15, -0.1) is 0 Å². The lowest BCUT2D eigenvalue weighted by Crippen LogP contribution is -2.50. The second-order valence-electron chi connectivity index (χ2n) is 5.15. The molecule has 0 radical (unpaired) electrons. The molecule has 0 amide bonds. The molecule has 0 spiro atoms. The van der Waals surface area contributed by atoms with Crippen LogP contribution >= 0.6 is 11.8 Å². The molecule has 0 aliphatic carbocycles. The molecule has 2 nitrogen and oxygen atoms in total. The van der Waals surface area contributed by atoms with Crippen LogP contribution in [0, 0.1) is 0 Å². The smallest absolute Gasteiger partial charge is 0.0195 e. The summed E-state index contributed by atoms with van der Waals surface area (Å²) in [5.74, 6) is 1.34. The Bertz CT molecular complexity index is 174. The molecule has 3 heteroatoms. The summed E-state index contributed by atoms with van der Waals surface area (Å²) in [6, 6.07) is 0.755. The minimum atomic E-state index is 0.755. The normalized spacial score (nSPS) is 21.9. The first-order chi connectivity index (χ1) is 8.36. The van der Waals surface area contributed by atoms with Crippen molar-refractivity contribution in [2.24, 2.45) is 0 Å². The molecular weight excluding hydrogens is 228 g/mol. The third-order valence-corrected chi connectivity index (χ3v) is 4.25. The van der Waals surface area contributed by atoms with Crippen molar-refractivity contribution >= 4 is 11.8 Å². The zero-order valence-corrected chi connectivity index (χ0v) is 12.5. The van der Waals surface area contributed by atoms with E-state index in [0.717, 1.165) is 6.04 Å². The number of piperazine rings is 1. The van der Waals surface area contributed by atoms with E-state index in [1.807, 2.05) is 11.8 Å².